The van der Waals surface area contributed by atoms with Crippen molar-refractivity contribution >= 4 is 11.9 Å². The van der Waals surface area contributed by atoms with Crippen LogP contribution in [0.5, 0.6) is 0 Å². The van der Waals surface area contributed by atoms with Crippen LogP contribution in [0, 0.1) is 6.92 Å². The van der Waals surface area contributed by atoms with Gasteiger partial charge in [0.25, 0.3) is 5.91 Å². The van der Waals surface area contributed by atoms with Gasteiger partial charge in [0.1, 0.15) is 0 Å². The van der Waals surface area contributed by atoms with Gasteiger partial charge >= 0.3 is 6.18 Å². The van der Waals surface area contributed by atoms with Crippen LogP contribution in [0.25, 0.3) is 0 Å². The molecule has 1 aromatic heterocycles. The van der Waals surface area contributed by atoms with E-state index in [9.17, 15) is 18.0 Å². The van der Waals surface area contributed by atoms with E-state index in [1.54, 1.807) is 19.1 Å². The van der Waals surface area contributed by atoms with E-state index in [1.807, 2.05) is 0 Å². The molecule has 0 spiro atoms. The Morgan fingerprint density at radius 2 is 1.94 bits per heavy atom. The number of carbonyl (C=O) groups is 1. The third kappa shape index (κ3) is 5.71. The summed E-state index contributed by atoms with van der Waals surface area (Å²) in [5.41, 5.74) is 6.49. The highest BCUT2D eigenvalue weighted by atomic mass is 19.4. The second-order valence-corrected chi connectivity index (χ2v) is 8.24. The van der Waals surface area contributed by atoms with Crippen molar-refractivity contribution in [1.29, 1.82) is 0 Å². The Kier molecular flexibility index (Phi) is 7.40. The maximum Gasteiger partial charge on any atom is 0.416 e. The van der Waals surface area contributed by atoms with Crippen molar-refractivity contribution in [3.8, 4) is 0 Å². The maximum atomic E-state index is 13.0. The van der Waals surface area contributed by atoms with Crippen molar-refractivity contribution in [3.63, 3.8) is 0 Å². The summed E-state index contributed by atoms with van der Waals surface area (Å²) < 4.78 is 40.3. The zero-order chi connectivity index (χ0) is 24.1. The smallest absolute Gasteiger partial charge is 0.368 e. The van der Waals surface area contributed by atoms with E-state index in [0.29, 0.717) is 17.8 Å². The number of aromatic nitrogens is 2. The summed E-state index contributed by atoms with van der Waals surface area (Å²) >= 11 is 0. The van der Waals surface area contributed by atoms with Gasteiger partial charge in [-0.3, -0.25) is 4.79 Å². The van der Waals surface area contributed by atoms with Gasteiger partial charge < -0.3 is 11.1 Å². The lowest BCUT2D eigenvalue weighted by atomic mass is 9.69. The minimum absolute atomic E-state index is 0.101. The number of aryl methyl sites for hydroxylation is 1. The number of amides is 1. The molecule has 1 aliphatic rings. The van der Waals surface area contributed by atoms with Crippen molar-refractivity contribution in [2.24, 2.45) is 10.7 Å². The van der Waals surface area contributed by atoms with Gasteiger partial charge in [-0.25, -0.2) is 9.67 Å². The normalized spacial score (nSPS) is 16.7. The van der Waals surface area contributed by atoms with Gasteiger partial charge in [-0.1, -0.05) is 44.1 Å². The van der Waals surface area contributed by atoms with E-state index in [0.717, 1.165) is 49.8 Å². The summed E-state index contributed by atoms with van der Waals surface area (Å²) in [5, 5.41) is 7.22. The van der Waals surface area contributed by atoms with Crippen LogP contribution in [0.2, 0.25) is 0 Å². The first-order chi connectivity index (χ1) is 15.7. The summed E-state index contributed by atoms with van der Waals surface area (Å²) in [6.07, 6.45) is 6.35. The Labute approximate surface area is 191 Å². The van der Waals surface area contributed by atoms with E-state index in [2.05, 4.69) is 22.0 Å². The summed E-state index contributed by atoms with van der Waals surface area (Å²) in [6, 6.07) is 5.31. The Morgan fingerprint density at radius 1 is 1.27 bits per heavy atom. The van der Waals surface area contributed by atoms with Gasteiger partial charge in [0.15, 0.2) is 0 Å². The lowest BCUT2D eigenvalue weighted by molar-refractivity contribution is -0.137. The molecule has 0 atom stereocenters. The number of aliphatic imine (C=N–C) groups is 1. The molecule has 1 saturated carbocycles. The summed E-state index contributed by atoms with van der Waals surface area (Å²) in [4.78, 5) is 17.0. The van der Waals surface area contributed by atoms with Crippen LogP contribution >= 0.6 is 0 Å². The summed E-state index contributed by atoms with van der Waals surface area (Å²) in [6.45, 7) is 5.58. The Morgan fingerprint density at radius 3 is 2.55 bits per heavy atom. The lowest BCUT2D eigenvalue weighted by Gasteiger charge is -2.38. The average molecular weight is 460 g/mol. The molecule has 1 heterocycles. The number of halogens is 3. The van der Waals surface area contributed by atoms with Crippen LogP contribution in [-0.4, -0.2) is 28.2 Å². The largest absolute Gasteiger partial charge is 0.416 e. The molecule has 1 fully saturated rings. The van der Waals surface area contributed by atoms with E-state index in [4.69, 9.17) is 5.73 Å². The number of rotatable bonds is 6. The van der Waals surface area contributed by atoms with E-state index in [1.165, 1.54) is 29.2 Å². The van der Waals surface area contributed by atoms with Crippen molar-refractivity contribution in [2.45, 2.75) is 50.6 Å². The number of hydrogen-bond donors (Lipinski definition) is 2. The van der Waals surface area contributed by atoms with Crippen LogP contribution < -0.4 is 11.1 Å². The van der Waals surface area contributed by atoms with Crippen LogP contribution in [0.4, 0.5) is 13.2 Å². The van der Waals surface area contributed by atoms with E-state index >= 15 is 0 Å². The zero-order valence-electron chi connectivity index (χ0n) is 18.5. The van der Waals surface area contributed by atoms with Gasteiger partial charge in [0, 0.05) is 24.4 Å². The van der Waals surface area contributed by atoms with E-state index in [-0.39, 0.29) is 11.9 Å². The molecular formula is C24H28F3N5O. The SMILES string of the molecule is C=C/C=C\N=C(/N)n1cc(C(=O)NCC2(c3ccc(C(F)(F)F)cc3)CCCCC2)c(C)n1. The number of nitrogens with zero attached hydrogens (tertiary/aromatic N) is 3. The zero-order valence-corrected chi connectivity index (χ0v) is 18.5. The number of hydrogen-bond acceptors (Lipinski definition) is 3. The second kappa shape index (κ2) is 10.1. The molecule has 33 heavy (non-hydrogen) atoms. The Hall–Kier alpha value is -3.36. The highest BCUT2D eigenvalue weighted by molar-refractivity contribution is 5.96. The highest BCUT2D eigenvalue weighted by Crippen LogP contribution is 2.40. The van der Waals surface area contributed by atoms with Crippen molar-refractivity contribution < 1.29 is 18.0 Å². The van der Waals surface area contributed by atoms with Gasteiger partial charge in [0.05, 0.1) is 16.8 Å². The molecule has 0 unspecified atom stereocenters. The maximum absolute atomic E-state index is 13.0. The molecule has 0 saturated heterocycles. The Bertz CT molecular complexity index is 1050. The van der Waals surface area contributed by atoms with Crippen LogP contribution in [-0.2, 0) is 11.6 Å². The predicted octanol–water partition coefficient (Wildman–Crippen LogP) is 4.70. The fourth-order valence-electron chi connectivity index (χ4n) is 4.19. The molecule has 0 aliphatic heterocycles. The molecule has 9 heteroatoms. The first kappa shape index (κ1) is 24.3. The number of alkyl halides is 3. The fraction of sp³-hybridized carbons (Fsp3) is 0.375. The standard InChI is InChI=1S/C24H28F3N5O/c1-3-4-14-29-22(28)32-15-20(17(2)31-32)21(33)30-16-23(12-6-5-7-13-23)18-8-10-19(11-9-18)24(25,26)27/h3-4,8-11,14-15H,1,5-7,12-13,16H2,2H3,(H2,28,29)(H,30,33)/b14-4-. The first-order valence-electron chi connectivity index (χ1n) is 10.8. The molecular weight excluding hydrogens is 431 g/mol. The van der Waals surface area contributed by atoms with Gasteiger partial charge in [-0.2, -0.15) is 18.3 Å². The minimum atomic E-state index is -4.38. The number of benzene rings is 1. The van der Waals surface area contributed by atoms with Crippen molar-refractivity contribution in [1.82, 2.24) is 15.1 Å². The second-order valence-electron chi connectivity index (χ2n) is 8.24. The molecule has 3 N–H and O–H groups in total. The highest BCUT2D eigenvalue weighted by Gasteiger charge is 2.36. The summed E-state index contributed by atoms with van der Waals surface area (Å²) in [7, 11) is 0. The van der Waals surface area contributed by atoms with Crippen LogP contribution in [0.15, 0.2) is 60.4 Å². The van der Waals surface area contributed by atoms with Crippen LogP contribution in [0.3, 0.4) is 0 Å². The number of nitrogens with two attached hydrogens (primary N) is 1. The number of carbonyl (C=O) groups excluding carboxylic acids is 1. The van der Waals surface area contributed by atoms with Gasteiger partial charge in [-0.15, -0.1) is 0 Å². The van der Waals surface area contributed by atoms with Gasteiger partial charge in [0.2, 0.25) is 5.96 Å². The third-order valence-electron chi connectivity index (χ3n) is 6.03. The molecule has 1 aromatic carbocycles. The third-order valence-corrected chi connectivity index (χ3v) is 6.03. The molecule has 0 bridgehead atoms. The van der Waals surface area contributed by atoms with Gasteiger partial charge in [-0.05, 0) is 43.5 Å². The molecule has 2 aromatic rings. The summed E-state index contributed by atoms with van der Waals surface area (Å²) in [5.74, 6) is -0.214. The lowest BCUT2D eigenvalue weighted by Crippen LogP contribution is -2.42. The topological polar surface area (TPSA) is 85.3 Å². The molecule has 6 nitrogen and oxygen atoms in total. The number of nitrogens with one attached hydrogen (secondary N) is 1. The van der Waals surface area contributed by atoms with E-state index < -0.39 is 17.2 Å². The minimum Gasteiger partial charge on any atom is -0.368 e. The Balaban J connectivity index is 1.78. The fourth-order valence-corrected chi connectivity index (χ4v) is 4.19. The predicted molar refractivity (Wildman–Crippen MR) is 122 cm³/mol. The van der Waals surface area contributed by atoms with Crippen LogP contribution in [0.1, 0.15) is 59.3 Å². The van der Waals surface area contributed by atoms with Crippen molar-refractivity contribution in [3.05, 3.63) is 77.8 Å². The first-order valence-corrected chi connectivity index (χ1v) is 10.8. The van der Waals surface area contributed by atoms with Crippen molar-refractivity contribution in [2.75, 3.05) is 6.54 Å². The molecule has 3 rings (SSSR count). The molecule has 1 amide bonds. The molecule has 0 radical (unpaired) electrons. The number of allylic oxidation sites excluding steroid dienone is 2. The monoisotopic (exact) mass is 459 g/mol. The quantitative estimate of drug-likeness (QED) is 0.373. The molecule has 176 valence electrons. The molecule has 1 aliphatic carbocycles. The average Bonchev–Trinajstić information content (AvgIpc) is 3.19.